The molecule has 0 radical (unpaired) electrons. The van der Waals surface area contributed by atoms with E-state index in [-0.39, 0.29) is 58.8 Å². The molecule has 4 amide bonds. The van der Waals surface area contributed by atoms with Crippen LogP contribution >= 0.6 is 0 Å². The van der Waals surface area contributed by atoms with Gasteiger partial charge in [-0.3, -0.25) is 33.6 Å². The summed E-state index contributed by atoms with van der Waals surface area (Å²) in [5.41, 5.74) is 9.17. The number of carbonyl (C=O) groups is 4. The summed E-state index contributed by atoms with van der Waals surface area (Å²) in [4.78, 5) is 78.8. The Labute approximate surface area is 419 Å². The van der Waals surface area contributed by atoms with Crippen molar-refractivity contribution in [3.05, 3.63) is 170 Å². The zero-order chi connectivity index (χ0) is 52.2. The molecule has 2 aliphatic heterocycles. The van der Waals surface area contributed by atoms with Crippen LogP contribution < -0.4 is 27.7 Å². The quantitative estimate of drug-likeness (QED) is 0.0812. The summed E-state index contributed by atoms with van der Waals surface area (Å²) in [5, 5.41) is 9.05. The van der Waals surface area contributed by atoms with Gasteiger partial charge in [-0.15, -0.1) is 0 Å². The number of fused-ring (bicyclic) bond motifs is 2. The molecule has 2 fully saturated rings. The number of hydrogen-bond donors (Lipinski definition) is 3. The lowest BCUT2D eigenvalue weighted by molar-refractivity contribution is -0.138. The number of nitrogens with one attached hydrogen (secondary N) is 2. The second kappa shape index (κ2) is 19.6. The van der Waals surface area contributed by atoms with Crippen LogP contribution in [0, 0.1) is 5.82 Å². The predicted octanol–water partition coefficient (Wildman–Crippen LogP) is 7.00. The molecule has 2 aliphatic rings. The summed E-state index contributed by atoms with van der Waals surface area (Å²) in [6.07, 6.45) is 0.0914. The average Bonchev–Trinajstić information content (AvgIpc) is 4.01. The zero-order valence-corrected chi connectivity index (χ0v) is 40.3. The van der Waals surface area contributed by atoms with Crippen LogP contribution in [-0.4, -0.2) is 76.2 Å². The number of nitrogens with zero attached hydrogens (tertiary/aromatic N) is 7. The number of imidazole rings is 1. The second-order valence-electron chi connectivity index (χ2n) is 19.0. The van der Waals surface area contributed by atoms with Crippen LogP contribution in [-0.2, 0) is 49.2 Å². The third-order valence-corrected chi connectivity index (χ3v) is 14.4. The molecule has 1 unspecified atom stereocenters. The van der Waals surface area contributed by atoms with Crippen molar-refractivity contribution < 1.29 is 36.7 Å². The Morgan fingerprint density at radius 3 is 2.18 bits per heavy atom. The summed E-state index contributed by atoms with van der Waals surface area (Å²) < 4.78 is 65.3. The minimum Gasteiger partial charge on any atom is -0.366 e. The van der Waals surface area contributed by atoms with Crippen molar-refractivity contribution in [3.8, 4) is 16.9 Å². The van der Waals surface area contributed by atoms with Crippen molar-refractivity contribution in [3.63, 3.8) is 0 Å². The largest absolute Gasteiger partial charge is 0.416 e. The van der Waals surface area contributed by atoms with Gasteiger partial charge >= 0.3 is 17.6 Å². The molecule has 1 atom stereocenters. The number of benzene rings is 5. The van der Waals surface area contributed by atoms with E-state index in [1.54, 1.807) is 46.5 Å². The van der Waals surface area contributed by atoms with Gasteiger partial charge in [-0.1, -0.05) is 42.5 Å². The molecule has 3 aromatic heterocycles. The topological polar surface area (TPSA) is 193 Å². The highest BCUT2D eigenvalue weighted by molar-refractivity contribution is 6.13. The number of aromatic nitrogens is 6. The number of piperidine rings is 2. The van der Waals surface area contributed by atoms with Gasteiger partial charge in [-0.05, 0) is 134 Å². The monoisotopic (exact) mass is 1010 g/mol. The van der Waals surface area contributed by atoms with E-state index in [0.717, 1.165) is 79.8 Å². The number of aryl methyl sites for hydroxylation is 4. The van der Waals surface area contributed by atoms with Gasteiger partial charge in [0.2, 0.25) is 11.8 Å². The van der Waals surface area contributed by atoms with Crippen LogP contribution in [0.1, 0.15) is 80.6 Å². The molecular formula is C54H50F4N10O6. The van der Waals surface area contributed by atoms with E-state index in [1.807, 2.05) is 30.3 Å². The molecule has 20 heteroatoms. The Hall–Kier alpha value is -8.39. The zero-order valence-electron chi connectivity index (χ0n) is 40.3. The molecule has 10 rings (SSSR count). The number of likely N-dealkylation sites (tertiary alicyclic amines) is 1. The maximum atomic E-state index is 14.5. The van der Waals surface area contributed by atoms with E-state index in [1.165, 1.54) is 38.8 Å². The first-order valence-corrected chi connectivity index (χ1v) is 24.1. The molecule has 2 saturated heterocycles. The molecule has 5 aromatic carbocycles. The first kappa shape index (κ1) is 49.2. The maximum Gasteiger partial charge on any atom is 0.416 e. The van der Waals surface area contributed by atoms with Crippen LogP contribution in [0.15, 0.2) is 119 Å². The number of primary amides is 1. The van der Waals surface area contributed by atoms with E-state index in [2.05, 4.69) is 32.8 Å². The summed E-state index contributed by atoms with van der Waals surface area (Å²) >= 11 is 0. The Morgan fingerprint density at radius 2 is 1.50 bits per heavy atom. The van der Waals surface area contributed by atoms with E-state index >= 15 is 0 Å². The first-order chi connectivity index (χ1) is 35.4. The van der Waals surface area contributed by atoms with Gasteiger partial charge in [-0.25, -0.2) is 23.2 Å². The Kier molecular flexibility index (Phi) is 13.0. The molecule has 0 saturated carbocycles. The van der Waals surface area contributed by atoms with Gasteiger partial charge in [0.25, 0.3) is 11.8 Å². The van der Waals surface area contributed by atoms with Crippen LogP contribution in [0.3, 0.4) is 0 Å². The van der Waals surface area contributed by atoms with Crippen LogP contribution in [0.25, 0.3) is 38.9 Å². The van der Waals surface area contributed by atoms with Crippen molar-refractivity contribution in [2.45, 2.75) is 63.2 Å². The lowest BCUT2D eigenvalue weighted by atomic mass is 9.88. The molecule has 4 N–H and O–H groups in total. The van der Waals surface area contributed by atoms with Gasteiger partial charge < -0.3 is 20.5 Å². The number of halogens is 4. The summed E-state index contributed by atoms with van der Waals surface area (Å²) in [5.74, 6) is -3.42. The summed E-state index contributed by atoms with van der Waals surface area (Å²) in [6, 6.07) is 26.8. The lowest BCUT2D eigenvalue weighted by Crippen LogP contribution is -2.44. The number of anilines is 1. The van der Waals surface area contributed by atoms with Gasteiger partial charge in [-0.2, -0.15) is 18.3 Å². The molecule has 16 nitrogen and oxygen atoms in total. The minimum atomic E-state index is -4.83. The SMILES string of the molecule is Cn1ncn(-c2ccc(-c3cc4cc(C(F)(F)F)cc(C(=O)Nc5ccc(F)c(C(N)=O)c5)c4n3CCc3ccc(C4CCN(CCc5ccc6c(c5)n(C)c(=O)n6C5CCC(=O)NC5=O)CC4)cc3)cc2)c1=O. The van der Waals surface area contributed by atoms with Gasteiger partial charge in [0.1, 0.15) is 18.2 Å². The molecular weight excluding hydrogens is 961 g/mol. The van der Waals surface area contributed by atoms with Crippen molar-refractivity contribution in [1.82, 2.24) is 38.3 Å². The molecule has 0 bridgehead atoms. The number of alkyl halides is 3. The highest BCUT2D eigenvalue weighted by Crippen LogP contribution is 2.38. The Bertz CT molecular complexity index is 3650. The fraction of sp³-hybridized carbons (Fsp3) is 0.278. The Morgan fingerprint density at radius 1 is 0.784 bits per heavy atom. The number of rotatable bonds is 13. The first-order valence-electron chi connectivity index (χ1n) is 24.1. The van der Waals surface area contributed by atoms with E-state index in [9.17, 15) is 46.3 Å². The molecule has 0 aliphatic carbocycles. The molecule has 0 spiro atoms. The fourth-order valence-electron chi connectivity index (χ4n) is 10.3. The standard InChI is InChI=1S/C54H50F4N10O6/c1-63-46-25-32(5-14-43(46)68(52(63)73)44-15-16-47(69)62-51(44)72)17-21-65-22-19-34(20-23-65)33-6-3-31(4-7-33)18-24-66-45(35-8-11-39(12-9-35)67-30-60-64(2)53(67)74)27-36-26-37(54(56,57)58)28-41(48(36)66)50(71)61-38-10-13-42(55)40(29-38)49(59)70/h3-14,25-30,34,44H,15-24H2,1-2H3,(H2,59,70)(H,61,71)(H,62,69,72). The number of imide groups is 1. The number of nitrogens with two attached hydrogens (primary N) is 1. The normalized spacial score (nSPS) is 15.8. The van der Waals surface area contributed by atoms with Crippen molar-refractivity contribution in [2.24, 2.45) is 19.8 Å². The minimum absolute atomic E-state index is 0.0493. The smallest absolute Gasteiger partial charge is 0.366 e. The highest BCUT2D eigenvalue weighted by atomic mass is 19.4. The second-order valence-corrected chi connectivity index (χ2v) is 19.0. The summed E-state index contributed by atoms with van der Waals surface area (Å²) in [7, 11) is 3.21. The fourth-order valence-corrected chi connectivity index (χ4v) is 10.3. The third kappa shape index (κ3) is 9.55. The lowest BCUT2D eigenvalue weighted by Gasteiger charge is -2.32. The van der Waals surface area contributed by atoms with E-state index < -0.39 is 46.9 Å². The van der Waals surface area contributed by atoms with Gasteiger partial charge in [0, 0.05) is 50.4 Å². The number of carbonyl (C=O) groups excluding carboxylic acids is 4. The van der Waals surface area contributed by atoms with Crippen molar-refractivity contribution in [1.29, 1.82) is 0 Å². The van der Waals surface area contributed by atoms with Crippen molar-refractivity contribution in [2.75, 3.05) is 25.0 Å². The van der Waals surface area contributed by atoms with Crippen molar-refractivity contribution >= 4 is 51.3 Å². The molecule has 5 heterocycles. The van der Waals surface area contributed by atoms with E-state index in [4.69, 9.17) is 5.73 Å². The Balaban J connectivity index is 0.865. The predicted molar refractivity (Wildman–Crippen MR) is 268 cm³/mol. The average molecular weight is 1010 g/mol. The van der Waals surface area contributed by atoms with E-state index in [0.29, 0.717) is 34.8 Å². The van der Waals surface area contributed by atoms with Gasteiger partial charge in [0.15, 0.2) is 0 Å². The van der Waals surface area contributed by atoms with Crippen LogP contribution in [0.2, 0.25) is 0 Å². The molecule has 8 aromatic rings. The van der Waals surface area contributed by atoms with Gasteiger partial charge in [0.05, 0.1) is 38.9 Å². The van der Waals surface area contributed by atoms with Crippen LogP contribution in [0.4, 0.5) is 23.2 Å². The third-order valence-electron chi connectivity index (χ3n) is 14.4. The maximum absolute atomic E-state index is 14.5. The number of hydrogen-bond acceptors (Lipinski definition) is 8. The highest BCUT2D eigenvalue weighted by Gasteiger charge is 2.34. The van der Waals surface area contributed by atoms with Crippen LogP contribution in [0.5, 0.6) is 0 Å². The summed E-state index contributed by atoms with van der Waals surface area (Å²) in [6.45, 7) is 2.85. The molecule has 380 valence electrons. The molecule has 74 heavy (non-hydrogen) atoms. The number of amides is 4.